The van der Waals surface area contributed by atoms with Crippen molar-refractivity contribution < 1.29 is 4.74 Å². The van der Waals surface area contributed by atoms with Gasteiger partial charge in [-0.3, -0.25) is 0 Å². The molecule has 126 valence electrons. The first-order valence-corrected chi connectivity index (χ1v) is 7.98. The van der Waals surface area contributed by atoms with Crippen LogP contribution in [0.5, 0.6) is 5.75 Å². The number of nitriles is 1. The summed E-state index contributed by atoms with van der Waals surface area (Å²) < 4.78 is 7.29. The third-order valence-electron chi connectivity index (χ3n) is 4.23. The van der Waals surface area contributed by atoms with Crippen LogP contribution in [-0.2, 0) is 0 Å². The molecule has 6 nitrogen and oxygen atoms in total. The molecule has 0 spiro atoms. The molecule has 26 heavy (non-hydrogen) atoms. The number of fused-ring (bicyclic) bond motifs is 1. The van der Waals surface area contributed by atoms with Gasteiger partial charge in [0, 0.05) is 29.0 Å². The molecular formula is C20H15N5O. The lowest BCUT2D eigenvalue weighted by molar-refractivity contribution is 0.415. The highest BCUT2D eigenvalue weighted by molar-refractivity contribution is 5.97. The Kier molecular flexibility index (Phi) is 3.75. The predicted molar refractivity (Wildman–Crippen MR) is 100.0 cm³/mol. The molecule has 0 bridgehead atoms. The monoisotopic (exact) mass is 341 g/mol. The molecule has 6 heteroatoms. The fourth-order valence-electron chi connectivity index (χ4n) is 2.98. The van der Waals surface area contributed by atoms with E-state index < -0.39 is 0 Å². The third-order valence-corrected chi connectivity index (χ3v) is 4.23. The zero-order chi connectivity index (χ0) is 18.1. The summed E-state index contributed by atoms with van der Waals surface area (Å²) in [6.07, 6.45) is 3.62. The van der Waals surface area contributed by atoms with Crippen LogP contribution in [0, 0.1) is 11.3 Å². The maximum absolute atomic E-state index is 9.27. The van der Waals surface area contributed by atoms with Crippen molar-refractivity contribution in [1.82, 2.24) is 14.5 Å². The predicted octanol–water partition coefficient (Wildman–Crippen LogP) is 3.55. The Bertz CT molecular complexity index is 1140. The van der Waals surface area contributed by atoms with E-state index in [2.05, 4.69) is 20.6 Å². The highest BCUT2D eigenvalue weighted by Gasteiger charge is 2.14. The highest BCUT2D eigenvalue weighted by atomic mass is 16.5. The molecule has 2 heterocycles. The summed E-state index contributed by atoms with van der Waals surface area (Å²) in [6.45, 7) is 0. The van der Waals surface area contributed by atoms with Gasteiger partial charge in [-0.05, 0) is 48.5 Å². The molecule has 0 fully saturated rings. The Hall–Kier alpha value is -3.85. The molecule has 0 atom stereocenters. The maximum atomic E-state index is 9.27. The first kappa shape index (κ1) is 15.7. The highest BCUT2D eigenvalue weighted by Crippen LogP contribution is 2.32. The smallest absolute Gasteiger partial charge is 0.220 e. The fraction of sp³-hybridized carbons (Fsp3) is 0.0500. The minimum Gasteiger partial charge on any atom is -0.497 e. The maximum Gasteiger partial charge on any atom is 0.220 e. The minimum absolute atomic E-state index is 0.212. The van der Waals surface area contributed by atoms with Gasteiger partial charge in [-0.25, -0.2) is 9.97 Å². The van der Waals surface area contributed by atoms with E-state index in [0.717, 1.165) is 27.9 Å². The summed E-state index contributed by atoms with van der Waals surface area (Å²) in [7, 11) is 1.64. The number of nitrogens with two attached hydrogens (primary N) is 1. The number of rotatable bonds is 3. The van der Waals surface area contributed by atoms with Crippen molar-refractivity contribution in [2.75, 3.05) is 12.8 Å². The Morgan fingerprint density at radius 2 is 1.92 bits per heavy atom. The van der Waals surface area contributed by atoms with Crippen LogP contribution in [0.4, 0.5) is 5.95 Å². The van der Waals surface area contributed by atoms with Crippen molar-refractivity contribution in [2.45, 2.75) is 0 Å². The number of nitrogens with zero attached hydrogens (tertiary/aromatic N) is 4. The average Bonchev–Trinajstić information content (AvgIpc) is 3.06. The second-order valence-corrected chi connectivity index (χ2v) is 5.75. The average molecular weight is 341 g/mol. The van der Waals surface area contributed by atoms with Crippen molar-refractivity contribution in [2.24, 2.45) is 0 Å². The molecule has 0 saturated heterocycles. The number of benzene rings is 2. The van der Waals surface area contributed by atoms with Crippen molar-refractivity contribution in [3.8, 4) is 28.8 Å². The summed E-state index contributed by atoms with van der Waals surface area (Å²) in [5.41, 5.74) is 9.90. The molecule has 2 N–H and O–H groups in total. The molecular weight excluding hydrogens is 326 g/mol. The molecule has 4 rings (SSSR count). The quantitative estimate of drug-likeness (QED) is 0.615. The van der Waals surface area contributed by atoms with Crippen LogP contribution in [-0.4, -0.2) is 21.6 Å². The second-order valence-electron chi connectivity index (χ2n) is 5.75. The van der Waals surface area contributed by atoms with E-state index in [-0.39, 0.29) is 5.95 Å². The van der Waals surface area contributed by atoms with Crippen LogP contribution >= 0.6 is 0 Å². The van der Waals surface area contributed by atoms with Gasteiger partial charge in [-0.1, -0.05) is 0 Å². The zero-order valence-corrected chi connectivity index (χ0v) is 14.0. The van der Waals surface area contributed by atoms with Crippen molar-refractivity contribution >= 4 is 16.9 Å². The van der Waals surface area contributed by atoms with Crippen LogP contribution in [0.15, 0.2) is 60.9 Å². The van der Waals surface area contributed by atoms with E-state index in [1.165, 1.54) is 0 Å². The molecule has 2 aromatic carbocycles. The molecule has 0 aliphatic heterocycles. The number of methoxy groups -OCH3 is 1. The third kappa shape index (κ3) is 2.62. The Morgan fingerprint density at radius 1 is 1.12 bits per heavy atom. The number of hydrogen-bond acceptors (Lipinski definition) is 5. The number of anilines is 1. The number of nitrogen functional groups attached to an aromatic ring is 1. The van der Waals surface area contributed by atoms with Gasteiger partial charge >= 0.3 is 0 Å². The summed E-state index contributed by atoms with van der Waals surface area (Å²) in [4.78, 5) is 8.29. The van der Waals surface area contributed by atoms with E-state index in [9.17, 15) is 5.26 Å². The first-order chi connectivity index (χ1) is 12.7. The van der Waals surface area contributed by atoms with Crippen molar-refractivity contribution in [3.63, 3.8) is 0 Å². The molecule has 2 aromatic heterocycles. The number of ether oxygens (including phenoxy) is 1. The Labute approximate surface area is 150 Å². The SMILES string of the molecule is COc1ccc(-n2cc(-c3ccnc(N)n3)c3cc(C#N)ccc32)cc1. The van der Waals surface area contributed by atoms with E-state index in [4.69, 9.17) is 10.5 Å². The van der Waals surface area contributed by atoms with E-state index >= 15 is 0 Å². The molecule has 0 amide bonds. The van der Waals surface area contributed by atoms with E-state index in [1.54, 1.807) is 19.4 Å². The van der Waals surface area contributed by atoms with Crippen molar-refractivity contribution in [1.29, 1.82) is 5.26 Å². The van der Waals surface area contributed by atoms with Gasteiger partial charge in [0.15, 0.2) is 0 Å². The van der Waals surface area contributed by atoms with Gasteiger partial charge in [0.25, 0.3) is 0 Å². The largest absolute Gasteiger partial charge is 0.497 e. The first-order valence-electron chi connectivity index (χ1n) is 7.98. The van der Waals surface area contributed by atoms with E-state index in [0.29, 0.717) is 11.3 Å². The van der Waals surface area contributed by atoms with Crippen LogP contribution in [0.3, 0.4) is 0 Å². The van der Waals surface area contributed by atoms with Gasteiger partial charge in [0.05, 0.1) is 30.0 Å². The Morgan fingerprint density at radius 3 is 2.62 bits per heavy atom. The van der Waals surface area contributed by atoms with Gasteiger partial charge in [-0.2, -0.15) is 5.26 Å². The minimum atomic E-state index is 0.212. The lowest BCUT2D eigenvalue weighted by Gasteiger charge is -2.06. The number of hydrogen-bond donors (Lipinski definition) is 1. The molecule has 0 aliphatic carbocycles. The van der Waals surface area contributed by atoms with Crippen LogP contribution in [0.2, 0.25) is 0 Å². The van der Waals surface area contributed by atoms with Crippen molar-refractivity contribution in [3.05, 3.63) is 66.5 Å². The molecule has 0 radical (unpaired) electrons. The fourth-order valence-corrected chi connectivity index (χ4v) is 2.98. The van der Waals surface area contributed by atoms with Crippen LogP contribution in [0.25, 0.3) is 27.8 Å². The van der Waals surface area contributed by atoms with Gasteiger partial charge in [0.1, 0.15) is 5.75 Å². The topological polar surface area (TPSA) is 89.8 Å². The van der Waals surface area contributed by atoms with E-state index in [1.807, 2.05) is 48.7 Å². The van der Waals surface area contributed by atoms with Gasteiger partial charge in [0.2, 0.25) is 5.95 Å². The molecule has 0 aliphatic rings. The lowest BCUT2D eigenvalue weighted by atomic mass is 10.1. The molecule has 4 aromatic rings. The van der Waals surface area contributed by atoms with Crippen LogP contribution in [0.1, 0.15) is 5.56 Å². The summed E-state index contributed by atoms with van der Waals surface area (Å²) in [5.74, 6) is 1.00. The Balaban J connectivity index is 1.98. The molecule has 0 unspecified atom stereocenters. The van der Waals surface area contributed by atoms with Crippen LogP contribution < -0.4 is 10.5 Å². The molecule has 0 saturated carbocycles. The summed E-state index contributed by atoms with van der Waals surface area (Å²) in [6, 6.07) is 17.4. The standard InChI is InChI=1S/C20H15N5O/c1-26-15-5-3-14(4-6-15)25-12-17(18-8-9-23-20(22)24-18)16-10-13(11-21)2-7-19(16)25/h2-10,12H,1H3,(H2,22,23,24). The lowest BCUT2D eigenvalue weighted by Crippen LogP contribution is -1.95. The number of aromatic nitrogens is 3. The van der Waals surface area contributed by atoms with Gasteiger partial charge in [-0.15, -0.1) is 0 Å². The zero-order valence-electron chi connectivity index (χ0n) is 14.0. The normalized spacial score (nSPS) is 10.6. The summed E-state index contributed by atoms with van der Waals surface area (Å²) >= 11 is 0. The second kappa shape index (κ2) is 6.22. The van der Waals surface area contributed by atoms with Gasteiger partial charge < -0.3 is 15.0 Å². The summed E-state index contributed by atoms with van der Waals surface area (Å²) in [5, 5.41) is 10.2.